The number of nitrogens with zero attached hydrogens (tertiary/aromatic N) is 2. The van der Waals surface area contributed by atoms with Gasteiger partial charge in [0.15, 0.2) is 5.75 Å². The summed E-state index contributed by atoms with van der Waals surface area (Å²) in [5.41, 5.74) is 3.48. The van der Waals surface area contributed by atoms with Gasteiger partial charge in [-0.15, -0.1) is 0 Å². The second-order valence-electron chi connectivity index (χ2n) is 6.93. The first kappa shape index (κ1) is 15.4. The van der Waals surface area contributed by atoms with Crippen molar-refractivity contribution in [3.05, 3.63) is 35.2 Å². The first-order chi connectivity index (χ1) is 12.6. The predicted molar refractivity (Wildman–Crippen MR) is 91.4 cm³/mol. The predicted octanol–water partition coefficient (Wildman–Crippen LogP) is 0.0910. The number of rotatable bonds is 1. The summed E-state index contributed by atoms with van der Waals surface area (Å²) in [6, 6.07) is 3.17. The lowest BCUT2D eigenvalue weighted by Crippen LogP contribution is -2.52. The topological polar surface area (TPSA) is 91.0 Å². The minimum absolute atomic E-state index is 0.184. The summed E-state index contributed by atoms with van der Waals surface area (Å²) in [6.45, 7) is 2.84. The molecule has 4 heterocycles. The van der Waals surface area contributed by atoms with Crippen LogP contribution < -0.4 is 20.3 Å². The molecule has 2 fully saturated rings. The Hall–Kier alpha value is -2.87. The Bertz CT molecular complexity index is 878. The molecule has 26 heavy (non-hydrogen) atoms. The molecule has 0 aromatic heterocycles. The van der Waals surface area contributed by atoms with Gasteiger partial charge in [-0.2, -0.15) is 0 Å². The van der Waals surface area contributed by atoms with Gasteiger partial charge < -0.3 is 19.9 Å². The van der Waals surface area contributed by atoms with E-state index in [0.717, 1.165) is 36.6 Å². The van der Waals surface area contributed by atoms with Gasteiger partial charge >= 0.3 is 0 Å². The zero-order valence-electron chi connectivity index (χ0n) is 14.1. The highest BCUT2D eigenvalue weighted by Crippen LogP contribution is 2.40. The molecule has 2 saturated heterocycles. The van der Waals surface area contributed by atoms with E-state index in [1.165, 1.54) is 0 Å². The van der Waals surface area contributed by atoms with E-state index in [0.29, 0.717) is 24.3 Å². The second kappa shape index (κ2) is 5.57. The van der Waals surface area contributed by atoms with Crippen LogP contribution in [0.25, 0.3) is 0 Å². The molecule has 4 aliphatic heterocycles. The number of imide groups is 1. The number of fused-ring (bicyclic) bond motifs is 4. The van der Waals surface area contributed by atoms with Crippen LogP contribution in [0.2, 0.25) is 0 Å². The molecule has 1 atom stereocenters. The Morgan fingerprint density at radius 2 is 2.08 bits per heavy atom. The van der Waals surface area contributed by atoms with Gasteiger partial charge in [-0.05, 0) is 24.1 Å². The number of ether oxygens (including phenoxy) is 1. The quantitative estimate of drug-likeness (QED) is 0.695. The molecule has 8 nitrogen and oxygen atoms in total. The van der Waals surface area contributed by atoms with Gasteiger partial charge in [-0.1, -0.05) is 0 Å². The number of carbonyl (C=O) groups excluding carboxylic acids is 3. The van der Waals surface area contributed by atoms with Gasteiger partial charge in [0.1, 0.15) is 12.3 Å². The number of hydrogen-bond acceptors (Lipinski definition) is 6. The Kier molecular flexibility index (Phi) is 3.30. The maximum absolute atomic E-state index is 12.9. The molecule has 0 radical (unpaired) electrons. The molecule has 0 unspecified atom stereocenters. The number of nitrogens with one attached hydrogen (secondary N) is 2. The molecule has 0 aliphatic carbocycles. The summed E-state index contributed by atoms with van der Waals surface area (Å²) in [4.78, 5) is 40.2. The summed E-state index contributed by atoms with van der Waals surface area (Å²) in [5.74, 6) is -0.199. The highest BCUT2D eigenvalue weighted by Gasteiger charge is 2.40. The standard InChI is InChI=1S/C18H18N4O4/c23-16-2-1-13(17(24)20-16)22-8-10-5-14-15(6-12(10)18(22)25)26-9-11-7-19-3-4-21(11)14/h5-6,9,13,19H,1-4,7-8H2,(H,20,23,24)/t13-/m0/s1. The van der Waals surface area contributed by atoms with Crippen LogP contribution in [-0.2, 0) is 16.1 Å². The number of hydrogen-bond donors (Lipinski definition) is 2. The van der Waals surface area contributed by atoms with E-state index in [1.807, 2.05) is 6.07 Å². The monoisotopic (exact) mass is 354 g/mol. The van der Waals surface area contributed by atoms with Crippen molar-refractivity contribution in [2.75, 3.05) is 24.5 Å². The average molecular weight is 354 g/mol. The van der Waals surface area contributed by atoms with Crippen molar-refractivity contribution in [3.8, 4) is 5.75 Å². The van der Waals surface area contributed by atoms with Gasteiger partial charge in [0.2, 0.25) is 11.8 Å². The van der Waals surface area contributed by atoms with E-state index in [1.54, 1.807) is 17.2 Å². The van der Waals surface area contributed by atoms with Crippen LogP contribution in [0, 0.1) is 0 Å². The summed E-state index contributed by atoms with van der Waals surface area (Å²) < 4.78 is 5.74. The van der Waals surface area contributed by atoms with Crippen molar-refractivity contribution in [2.45, 2.75) is 25.4 Å². The van der Waals surface area contributed by atoms with Crippen LogP contribution in [0.1, 0.15) is 28.8 Å². The van der Waals surface area contributed by atoms with Crippen molar-refractivity contribution >= 4 is 23.4 Å². The smallest absolute Gasteiger partial charge is 0.255 e. The van der Waals surface area contributed by atoms with Crippen molar-refractivity contribution in [1.29, 1.82) is 0 Å². The van der Waals surface area contributed by atoms with Gasteiger partial charge in [-0.25, -0.2) is 0 Å². The van der Waals surface area contributed by atoms with Crippen molar-refractivity contribution in [2.24, 2.45) is 0 Å². The maximum Gasteiger partial charge on any atom is 0.255 e. The Labute approximate surface area is 149 Å². The second-order valence-corrected chi connectivity index (χ2v) is 6.93. The lowest BCUT2D eigenvalue weighted by molar-refractivity contribution is -0.136. The summed E-state index contributed by atoms with van der Waals surface area (Å²) in [5, 5.41) is 5.63. The maximum atomic E-state index is 12.9. The largest absolute Gasteiger partial charge is 0.461 e. The molecule has 0 spiro atoms. The molecule has 4 aliphatic rings. The fraction of sp³-hybridized carbons (Fsp3) is 0.389. The summed E-state index contributed by atoms with van der Waals surface area (Å²) in [6.07, 6.45) is 2.34. The third kappa shape index (κ3) is 2.22. The van der Waals surface area contributed by atoms with Gasteiger partial charge in [-0.3, -0.25) is 19.7 Å². The van der Waals surface area contributed by atoms with Gasteiger partial charge in [0.05, 0.1) is 11.4 Å². The van der Waals surface area contributed by atoms with E-state index in [2.05, 4.69) is 15.5 Å². The van der Waals surface area contributed by atoms with Gasteiger partial charge in [0.25, 0.3) is 5.91 Å². The third-order valence-corrected chi connectivity index (χ3v) is 5.38. The van der Waals surface area contributed by atoms with Crippen LogP contribution in [0.3, 0.4) is 0 Å². The average Bonchev–Trinajstić information content (AvgIpc) is 2.96. The van der Waals surface area contributed by atoms with Crippen molar-refractivity contribution < 1.29 is 19.1 Å². The number of benzene rings is 1. The fourth-order valence-electron chi connectivity index (χ4n) is 4.05. The minimum Gasteiger partial charge on any atom is -0.461 e. The van der Waals surface area contributed by atoms with Crippen LogP contribution in [0.5, 0.6) is 5.75 Å². The molecule has 1 aromatic rings. The zero-order valence-corrected chi connectivity index (χ0v) is 14.1. The van der Waals surface area contributed by atoms with Crippen molar-refractivity contribution in [3.63, 3.8) is 0 Å². The van der Waals surface area contributed by atoms with E-state index in [4.69, 9.17) is 4.74 Å². The Balaban J connectivity index is 1.47. The molecule has 0 bridgehead atoms. The fourth-order valence-corrected chi connectivity index (χ4v) is 4.05. The summed E-state index contributed by atoms with van der Waals surface area (Å²) >= 11 is 0. The van der Waals surface area contributed by atoms with Crippen LogP contribution >= 0.6 is 0 Å². The highest BCUT2D eigenvalue weighted by molar-refractivity contribution is 6.06. The molecular weight excluding hydrogens is 336 g/mol. The lowest BCUT2D eigenvalue weighted by atomic mass is 10.0. The molecule has 3 amide bonds. The Morgan fingerprint density at radius 3 is 2.92 bits per heavy atom. The number of piperazine rings is 1. The van der Waals surface area contributed by atoms with Crippen LogP contribution in [-0.4, -0.2) is 48.3 Å². The molecule has 1 aromatic carbocycles. The van der Waals surface area contributed by atoms with E-state index < -0.39 is 11.9 Å². The molecular formula is C18H18N4O4. The van der Waals surface area contributed by atoms with Gasteiger partial charge in [0, 0.05) is 38.2 Å². The van der Waals surface area contributed by atoms with Crippen LogP contribution in [0.15, 0.2) is 24.1 Å². The molecule has 8 heteroatoms. The normalized spacial score (nSPS) is 24.4. The number of piperidine rings is 1. The molecule has 2 N–H and O–H groups in total. The number of anilines is 1. The van der Waals surface area contributed by atoms with Crippen LogP contribution in [0.4, 0.5) is 5.69 Å². The van der Waals surface area contributed by atoms with Crippen molar-refractivity contribution in [1.82, 2.24) is 15.5 Å². The molecule has 5 rings (SSSR count). The highest BCUT2D eigenvalue weighted by atomic mass is 16.5. The number of amides is 3. The van der Waals surface area contributed by atoms with E-state index in [9.17, 15) is 14.4 Å². The first-order valence-electron chi connectivity index (χ1n) is 8.77. The lowest BCUT2D eigenvalue weighted by Gasteiger charge is -2.35. The van der Waals surface area contributed by atoms with E-state index in [-0.39, 0.29) is 18.2 Å². The first-order valence-corrected chi connectivity index (χ1v) is 8.77. The SMILES string of the molecule is O=C1CC[C@H](N2Cc3cc4c(cc3C2=O)OC=C2CNCCN24)C(=O)N1. The molecule has 134 valence electrons. The molecule has 0 saturated carbocycles. The summed E-state index contributed by atoms with van der Waals surface area (Å²) in [7, 11) is 0. The number of carbonyl (C=O) groups is 3. The van der Waals surface area contributed by atoms with E-state index >= 15 is 0 Å². The third-order valence-electron chi connectivity index (χ3n) is 5.38. The zero-order chi connectivity index (χ0) is 17.8. The Morgan fingerprint density at radius 1 is 1.19 bits per heavy atom. The minimum atomic E-state index is -0.599.